The number of aliphatic carboxylic acids is 1. The summed E-state index contributed by atoms with van der Waals surface area (Å²) in [5.41, 5.74) is -0.768. The Bertz CT molecular complexity index is 339. The van der Waals surface area contributed by atoms with Crippen LogP contribution < -0.4 is 5.32 Å². The van der Waals surface area contributed by atoms with Crippen molar-refractivity contribution >= 4 is 11.9 Å². The summed E-state index contributed by atoms with van der Waals surface area (Å²) < 4.78 is 0. The average Bonchev–Trinajstić information content (AvgIpc) is 2.39. The number of carboxylic acids is 1. The van der Waals surface area contributed by atoms with E-state index in [0.29, 0.717) is 19.5 Å². The van der Waals surface area contributed by atoms with Crippen LogP contribution >= 0.6 is 0 Å². The molecule has 2 saturated heterocycles. The molecule has 2 atom stereocenters. The first-order valence-corrected chi connectivity index (χ1v) is 6.76. The summed E-state index contributed by atoms with van der Waals surface area (Å²) in [6.07, 6.45) is 3.40. The largest absolute Gasteiger partial charge is 0.481 e. The zero-order chi connectivity index (χ0) is 13.2. The highest BCUT2D eigenvalue weighted by molar-refractivity contribution is 5.81. The summed E-state index contributed by atoms with van der Waals surface area (Å²) in [6.45, 7) is 4.53. The molecule has 1 amide bonds. The number of nitrogens with one attached hydrogen (secondary N) is 1. The van der Waals surface area contributed by atoms with Crippen LogP contribution in [0.1, 0.15) is 32.6 Å². The predicted molar refractivity (Wildman–Crippen MR) is 67.2 cm³/mol. The third-order valence-corrected chi connectivity index (χ3v) is 4.17. The zero-order valence-electron chi connectivity index (χ0n) is 10.9. The quantitative estimate of drug-likeness (QED) is 0.761. The summed E-state index contributed by atoms with van der Waals surface area (Å²) in [5, 5.41) is 12.5. The highest BCUT2D eigenvalue weighted by atomic mass is 16.4. The third-order valence-electron chi connectivity index (χ3n) is 4.17. The summed E-state index contributed by atoms with van der Waals surface area (Å²) in [4.78, 5) is 25.4. The number of rotatable bonds is 2. The number of piperidine rings is 2. The minimum atomic E-state index is -0.790. The Morgan fingerprint density at radius 1 is 1.39 bits per heavy atom. The Hall–Kier alpha value is -1.10. The Kier molecular flexibility index (Phi) is 3.90. The molecule has 2 fully saturated rings. The van der Waals surface area contributed by atoms with Crippen molar-refractivity contribution in [1.29, 1.82) is 0 Å². The minimum absolute atomic E-state index is 0.0369. The zero-order valence-corrected chi connectivity index (χ0v) is 10.9. The maximum atomic E-state index is 12.4. The van der Waals surface area contributed by atoms with Crippen molar-refractivity contribution in [2.45, 2.75) is 32.6 Å². The summed E-state index contributed by atoms with van der Waals surface area (Å²) in [6, 6.07) is 0. The van der Waals surface area contributed by atoms with Crippen molar-refractivity contribution in [3.8, 4) is 0 Å². The van der Waals surface area contributed by atoms with E-state index in [4.69, 9.17) is 0 Å². The smallest absolute Gasteiger partial charge is 0.311 e. The molecule has 18 heavy (non-hydrogen) atoms. The van der Waals surface area contributed by atoms with E-state index in [1.807, 2.05) is 0 Å². The van der Waals surface area contributed by atoms with Crippen molar-refractivity contribution in [3.63, 3.8) is 0 Å². The van der Waals surface area contributed by atoms with Crippen LogP contribution in [0, 0.1) is 11.3 Å². The second-order valence-corrected chi connectivity index (χ2v) is 5.77. The highest BCUT2D eigenvalue weighted by Gasteiger charge is 2.40. The molecule has 2 rings (SSSR count). The van der Waals surface area contributed by atoms with Gasteiger partial charge in [0.25, 0.3) is 0 Å². The molecule has 0 aromatic rings. The van der Waals surface area contributed by atoms with E-state index in [1.165, 1.54) is 0 Å². The number of carbonyl (C=O) groups is 2. The van der Waals surface area contributed by atoms with E-state index in [-0.39, 0.29) is 11.8 Å². The van der Waals surface area contributed by atoms with Crippen LogP contribution in [-0.4, -0.2) is 48.1 Å². The van der Waals surface area contributed by atoms with E-state index >= 15 is 0 Å². The van der Waals surface area contributed by atoms with Gasteiger partial charge in [-0.1, -0.05) is 0 Å². The fourth-order valence-electron chi connectivity index (χ4n) is 2.92. The van der Waals surface area contributed by atoms with E-state index in [2.05, 4.69) is 5.32 Å². The molecule has 0 bridgehead atoms. The van der Waals surface area contributed by atoms with Crippen LogP contribution in [0.25, 0.3) is 0 Å². The van der Waals surface area contributed by atoms with Crippen LogP contribution in [-0.2, 0) is 9.59 Å². The molecule has 0 radical (unpaired) electrons. The SMILES string of the molecule is CC1(C(=O)O)CCCN(C(=O)[C@@H]2CCCNC2)C1. The van der Waals surface area contributed by atoms with Crippen molar-refractivity contribution in [3.05, 3.63) is 0 Å². The lowest BCUT2D eigenvalue weighted by Gasteiger charge is -2.39. The van der Waals surface area contributed by atoms with Gasteiger partial charge in [-0.2, -0.15) is 0 Å². The number of hydrogen-bond acceptors (Lipinski definition) is 3. The fraction of sp³-hybridized carbons (Fsp3) is 0.846. The van der Waals surface area contributed by atoms with Gasteiger partial charge in [0.1, 0.15) is 0 Å². The maximum Gasteiger partial charge on any atom is 0.311 e. The van der Waals surface area contributed by atoms with Crippen molar-refractivity contribution in [1.82, 2.24) is 10.2 Å². The molecule has 2 aliphatic heterocycles. The van der Waals surface area contributed by atoms with Crippen molar-refractivity contribution < 1.29 is 14.7 Å². The Morgan fingerprint density at radius 2 is 2.17 bits per heavy atom. The maximum absolute atomic E-state index is 12.4. The Labute approximate surface area is 108 Å². The van der Waals surface area contributed by atoms with Crippen LogP contribution in [0.15, 0.2) is 0 Å². The van der Waals surface area contributed by atoms with Gasteiger partial charge in [0, 0.05) is 19.6 Å². The van der Waals surface area contributed by atoms with Gasteiger partial charge in [0.15, 0.2) is 0 Å². The highest BCUT2D eigenvalue weighted by Crippen LogP contribution is 2.30. The third kappa shape index (κ3) is 2.66. The number of likely N-dealkylation sites (tertiary alicyclic amines) is 1. The number of amides is 1. The molecule has 1 unspecified atom stereocenters. The molecule has 0 aliphatic carbocycles. The first kappa shape index (κ1) is 13.3. The first-order chi connectivity index (χ1) is 8.53. The van der Waals surface area contributed by atoms with E-state index in [0.717, 1.165) is 32.4 Å². The Balaban J connectivity index is 1.99. The number of hydrogen-bond donors (Lipinski definition) is 2. The minimum Gasteiger partial charge on any atom is -0.481 e. The molecule has 102 valence electrons. The van der Waals surface area contributed by atoms with Crippen LogP contribution in [0.2, 0.25) is 0 Å². The molecular formula is C13H22N2O3. The topological polar surface area (TPSA) is 69.6 Å². The molecule has 0 aromatic carbocycles. The van der Waals surface area contributed by atoms with Crippen LogP contribution in [0.5, 0.6) is 0 Å². The first-order valence-electron chi connectivity index (χ1n) is 6.76. The standard InChI is InChI=1S/C13H22N2O3/c1-13(12(17)18)5-3-7-15(9-13)11(16)10-4-2-6-14-8-10/h10,14H,2-9H2,1H3,(H,17,18)/t10-,13?/m1/s1. The van der Waals surface area contributed by atoms with Crippen molar-refractivity contribution in [2.75, 3.05) is 26.2 Å². The molecule has 5 heteroatoms. The lowest BCUT2D eigenvalue weighted by atomic mass is 9.81. The number of carboxylic acid groups (broad SMARTS) is 1. The molecule has 5 nitrogen and oxygen atoms in total. The van der Waals surface area contributed by atoms with Gasteiger partial charge in [0.2, 0.25) is 5.91 Å². The second kappa shape index (κ2) is 5.26. The molecule has 0 saturated carbocycles. The molecule has 2 aliphatic rings. The molecular weight excluding hydrogens is 232 g/mol. The normalized spacial score (nSPS) is 33.2. The van der Waals surface area contributed by atoms with E-state index in [9.17, 15) is 14.7 Å². The molecule has 2 heterocycles. The van der Waals surface area contributed by atoms with Gasteiger partial charge >= 0.3 is 5.97 Å². The lowest BCUT2D eigenvalue weighted by molar-refractivity contribution is -0.154. The summed E-state index contributed by atoms with van der Waals surface area (Å²) in [5.74, 6) is -0.619. The number of nitrogens with zero attached hydrogens (tertiary/aromatic N) is 1. The molecule has 0 spiro atoms. The monoisotopic (exact) mass is 254 g/mol. The average molecular weight is 254 g/mol. The van der Waals surface area contributed by atoms with Crippen molar-refractivity contribution in [2.24, 2.45) is 11.3 Å². The lowest BCUT2D eigenvalue weighted by Crippen LogP contribution is -2.51. The van der Waals surface area contributed by atoms with E-state index in [1.54, 1.807) is 11.8 Å². The van der Waals surface area contributed by atoms with Gasteiger partial charge in [0.05, 0.1) is 11.3 Å². The van der Waals surface area contributed by atoms with Gasteiger partial charge in [-0.25, -0.2) is 0 Å². The molecule has 2 N–H and O–H groups in total. The van der Waals surface area contributed by atoms with Gasteiger partial charge in [-0.3, -0.25) is 9.59 Å². The fourth-order valence-corrected chi connectivity index (χ4v) is 2.92. The predicted octanol–water partition coefficient (Wildman–Crippen LogP) is 0.699. The van der Waals surface area contributed by atoms with Crippen LogP contribution in [0.3, 0.4) is 0 Å². The Morgan fingerprint density at radius 3 is 2.78 bits per heavy atom. The van der Waals surface area contributed by atoms with E-state index < -0.39 is 11.4 Å². The van der Waals surface area contributed by atoms with Gasteiger partial charge in [-0.05, 0) is 39.2 Å². The van der Waals surface area contributed by atoms with Gasteiger partial charge < -0.3 is 15.3 Å². The molecule has 0 aromatic heterocycles. The summed E-state index contributed by atoms with van der Waals surface area (Å²) in [7, 11) is 0. The summed E-state index contributed by atoms with van der Waals surface area (Å²) >= 11 is 0. The van der Waals surface area contributed by atoms with Gasteiger partial charge in [-0.15, -0.1) is 0 Å². The number of carbonyl (C=O) groups excluding carboxylic acids is 1. The van der Waals surface area contributed by atoms with Crippen LogP contribution in [0.4, 0.5) is 0 Å². The second-order valence-electron chi connectivity index (χ2n) is 5.77.